The van der Waals surface area contributed by atoms with Gasteiger partial charge in [0.1, 0.15) is 0 Å². The maximum atomic E-state index is 3.80. The number of rotatable bonds is 4. The Bertz CT molecular complexity index is 295. The second-order valence-corrected chi connectivity index (χ2v) is 6.35. The van der Waals surface area contributed by atoms with Crippen molar-refractivity contribution in [2.45, 2.75) is 58.0 Å². The van der Waals surface area contributed by atoms with Crippen LogP contribution in [-0.4, -0.2) is 35.6 Å². The standard InChI is InChI=1S/C15H28N2/c1-5-7-10-17-12-14(3,6-2)16-11-15(17,4)13-8-9-13/h5,7,13,16H,6,8-12H2,1-4H3/b7-5+. The molecular weight excluding hydrogens is 208 g/mol. The van der Waals surface area contributed by atoms with E-state index in [4.69, 9.17) is 0 Å². The lowest BCUT2D eigenvalue weighted by atomic mass is 9.84. The van der Waals surface area contributed by atoms with Crippen LogP contribution in [0.4, 0.5) is 0 Å². The third-order valence-electron chi connectivity index (χ3n) is 4.93. The number of hydrogen-bond acceptors (Lipinski definition) is 2. The van der Waals surface area contributed by atoms with E-state index in [1.54, 1.807) is 0 Å². The summed E-state index contributed by atoms with van der Waals surface area (Å²) in [6, 6.07) is 0. The zero-order valence-corrected chi connectivity index (χ0v) is 11.9. The smallest absolute Gasteiger partial charge is 0.0338 e. The summed E-state index contributed by atoms with van der Waals surface area (Å²) in [7, 11) is 0. The minimum absolute atomic E-state index is 0.302. The number of piperazine rings is 1. The summed E-state index contributed by atoms with van der Waals surface area (Å²) in [5.41, 5.74) is 0.685. The van der Waals surface area contributed by atoms with Crippen molar-refractivity contribution in [2.75, 3.05) is 19.6 Å². The number of nitrogens with zero attached hydrogens (tertiary/aromatic N) is 1. The molecule has 1 aliphatic carbocycles. The lowest BCUT2D eigenvalue weighted by molar-refractivity contribution is 0.0145. The summed E-state index contributed by atoms with van der Waals surface area (Å²) in [5.74, 6) is 0.918. The molecule has 0 bridgehead atoms. The van der Waals surface area contributed by atoms with Crippen molar-refractivity contribution >= 4 is 0 Å². The second-order valence-electron chi connectivity index (χ2n) is 6.35. The Hall–Kier alpha value is -0.340. The molecule has 2 nitrogen and oxygen atoms in total. The first kappa shape index (κ1) is 13.1. The van der Waals surface area contributed by atoms with Crippen LogP contribution in [-0.2, 0) is 0 Å². The molecule has 98 valence electrons. The van der Waals surface area contributed by atoms with Crippen molar-refractivity contribution in [1.82, 2.24) is 10.2 Å². The average Bonchev–Trinajstić information content (AvgIpc) is 3.15. The molecule has 2 fully saturated rings. The Kier molecular flexibility index (Phi) is 3.65. The first-order chi connectivity index (χ1) is 8.04. The van der Waals surface area contributed by atoms with Crippen LogP contribution >= 0.6 is 0 Å². The van der Waals surface area contributed by atoms with Crippen molar-refractivity contribution in [3.05, 3.63) is 12.2 Å². The molecule has 2 atom stereocenters. The lowest BCUT2D eigenvalue weighted by Crippen LogP contribution is -2.68. The Morgan fingerprint density at radius 2 is 2.06 bits per heavy atom. The van der Waals surface area contributed by atoms with Crippen LogP contribution in [0, 0.1) is 5.92 Å². The molecule has 2 unspecified atom stereocenters. The van der Waals surface area contributed by atoms with E-state index in [0.29, 0.717) is 11.1 Å². The van der Waals surface area contributed by atoms with E-state index in [1.807, 2.05) is 0 Å². The molecule has 2 rings (SSSR count). The van der Waals surface area contributed by atoms with Gasteiger partial charge in [-0.15, -0.1) is 0 Å². The lowest BCUT2D eigenvalue weighted by Gasteiger charge is -2.52. The molecule has 0 radical (unpaired) electrons. The maximum absolute atomic E-state index is 3.80. The minimum Gasteiger partial charge on any atom is -0.308 e. The molecule has 1 aliphatic heterocycles. The molecule has 1 N–H and O–H groups in total. The second kappa shape index (κ2) is 4.74. The monoisotopic (exact) mass is 236 g/mol. The molecule has 2 heteroatoms. The van der Waals surface area contributed by atoms with Gasteiger partial charge in [-0.25, -0.2) is 0 Å². The highest BCUT2D eigenvalue weighted by atomic mass is 15.3. The third kappa shape index (κ3) is 2.58. The van der Waals surface area contributed by atoms with E-state index < -0.39 is 0 Å². The van der Waals surface area contributed by atoms with E-state index in [0.717, 1.165) is 19.0 Å². The summed E-state index contributed by atoms with van der Waals surface area (Å²) in [6.07, 6.45) is 8.54. The number of allylic oxidation sites excluding steroid dienone is 1. The molecule has 0 spiro atoms. The van der Waals surface area contributed by atoms with E-state index in [-0.39, 0.29) is 0 Å². The minimum atomic E-state index is 0.302. The normalized spacial score (nSPS) is 40.0. The average molecular weight is 236 g/mol. The van der Waals surface area contributed by atoms with Gasteiger partial charge in [-0.3, -0.25) is 4.90 Å². The molecule has 17 heavy (non-hydrogen) atoms. The highest BCUT2D eigenvalue weighted by Gasteiger charge is 2.49. The van der Waals surface area contributed by atoms with Gasteiger partial charge in [-0.1, -0.05) is 19.1 Å². The first-order valence-corrected chi connectivity index (χ1v) is 7.15. The van der Waals surface area contributed by atoms with E-state index in [1.165, 1.54) is 25.8 Å². The van der Waals surface area contributed by atoms with Gasteiger partial charge < -0.3 is 5.32 Å². The van der Waals surface area contributed by atoms with Gasteiger partial charge in [0.15, 0.2) is 0 Å². The SMILES string of the molecule is C/C=C/CN1CC(C)(CC)NCC1(C)C1CC1. The van der Waals surface area contributed by atoms with Crippen molar-refractivity contribution in [1.29, 1.82) is 0 Å². The van der Waals surface area contributed by atoms with Gasteiger partial charge >= 0.3 is 0 Å². The number of hydrogen-bond donors (Lipinski definition) is 1. The van der Waals surface area contributed by atoms with Gasteiger partial charge in [0, 0.05) is 30.7 Å². The molecule has 2 aliphatic rings. The zero-order chi connectivity index (χ0) is 12.5. The molecular formula is C15H28N2. The van der Waals surface area contributed by atoms with Crippen LogP contribution in [0.15, 0.2) is 12.2 Å². The van der Waals surface area contributed by atoms with Crippen molar-refractivity contribution in [2.24, 2.45) is 5.92 Å². The summed E-state index contributed by atoms with van der Waals surface area (Å²) in [6.45, 7) is 12.7. The quantitative estimate of drug-likeness (QED) is 0.755. The predicted octanol–water partition coefficient (Wildman–Crippen LogP) is 2.81. The fourth-order valence-corrected chi connectivity index (χ4v) is 3.01. The Balaban J connectivity index is 2.11. The molecule has 0 amide bonds. The van der Waals surface area contributed by atoms with Crippen LogP contribution in [0.2, 0.25) is 0 Å². The fourth-order valence-electron chi connectivity index (χ4n) is 3.01. The molecule has 1 saturated heterocycles. The van der Waals surface area contributed by atoms with Crippen molar-refractivity contribution in [3.63, 3.8) is 0 Å². The zero-order valence-electron chi connectivity index (χ0n) is 11.9. The topological polar surface area (TPSA) is 15.3 Å². The van der Waals surface area contributed by atoms with Gasteiger partial charge in [0.2, 0.25) is 0 Å². The van der Waals surface area contributed by atoms with Crippen LogP contribution in [0.3, 0.4) is 0 Å². The Morgan fingerprint density at radius 1 is 1.35 bits per heavy atom. The Morgan fingerprint density at radius 3 is 2.59 bits per heavy atom. The van der Waals surface area contributed by atoms with Crippen LogP contribution in [0.1, 0.15) is 47.0 Å². The molecule has 1 saturated carbocycles. The summed E-state index contributed by atoms with van der Waals surface area (Å²) < 4.78 is 0. The van der Waals surface area contributed by atoms with E-state index in [9.17, 15) is 0 Å². The summed E-state index contributed by atoms with van der Waals surface area (Å²) in [5, 5.41) is 3.80. The summed E-state index contributed by atoms with van der Waals surface area (Å²) in [4.78, 5) is 2.71. The van der Waals surface area contributed by atoms with Crippen molar-refractivity contribution < 1.29 is 0 Å². The molecule has 0 aromatic heterocycles. The predicted molar refractivity (Wildman–Crippen MR) is 74.2 cm³/mol. The molecule has 1 heterocycles. The third-order valence-corrected chi connectivity index (χ3v) is 4.93. The van der Waals surface area contributed by atoms with E-state index >= 15 is 0 Å². The largest absolute Gasteiger partial charge is 0.308 e. The fraction of sp³-hybridized carbons (Fsp3) is 0.867. The van der Waals surface area contributed by atoms with Gasteiger partial charge in [-0.2, -0.15) is 0 Å². The summed E-state index contributed by atoms with van der Waals surface area (Å²) >= 11 is 0. The maximum Gasteiger partial charge on any atom is 0.0338 e. The van der Waals surface area contributed by atoms with Gasteiger partial charge in [-0.05, 0) is 46.0 Å². The van der Waals surface area contributed by atoms with Gasteiger partial charge in [0.05, 0.1) is 0 Å². The molecule has 0 aromatic rings. The van der Waals surface area contributed by atoms with Crippen LogP contribution < -0.4 is 5.32 Å². The van der Waals surface area contributed by atoms with Crippen LogP contribution in [0.5, 0.6) is 0 Å². The Labute approximate surface area is 106 Å². The van der Waals surface area contributed by atoms with E-state index in [2.05, 4.69) is 50.1 Å². The highest BCUT2D eigenvalue weighted by Crippen LogP contribution is 2.44. The van der Waals surface area contributed by atoms with Gasteiger partial charge in [0.25, 0.3) is 0 Å². The van der Waals surface area contributed by atoms with Crippen molar-refractivity contribution in [3.8, 4) is 0 Å². The first-order valence-electron chi connectivity index (χ1n) is 7.15. The number of nitrogens with one attached hydrogen (secondary N) is 1. The molecule has 0 aromatic carbocycles. The van der Waals surface area contributed by atoms with Crippen LogP contribution in [0.25, 0.3) is 0 Å². The highest BCUT2D eigenvalue weighted by molar-refractivity contribution is 5.09.